The van der Waals surface area contributed by atoms with Crippen LogP contribution in [0.4, 0.5) is 10.1 Å². The monoisotopic (exact) mass is 477 g/mol. The van der Waals surface area contributed by atoms with Gasteiger partial charge in [0.1, 0.15) is 17.3 Å². The number of esters is 1. The fraction of sp³-hybridized carbons (Fsp3) is 0.120. The van der Waals surface area contributed by atoms with Gasteiger partial charge in [-0.3, -0.25) is 4.79 Å². The number of ether oxygens (including phenoxy) is 3. The lowest BCUT2D eigenvalue weighted by molar-refractivity contribution is -0.118. The summed E-state index contributed by atoms with van der Waals surface area (Å²) in [4.78, 5) is 28.5. The fourth-order valence-electron chi connectivity index (χ4n) is 2.97. The summed E-state index contributed by atoms with van der Waals surface area (Å²) in [6.45, 7) is -0.440. The normalized spacial score (nSPS) is 10.5. The van der Waals surface area contributed by atoms with Crippen molar-refractivity contribution in [2.75, 3.05) is 19.0 Å². The van der Waals surface area contributed by atoms with E-state index in [9.17, 15) is 14.0 Å². The van der Waals surface area contributed by atoms with Crippen molar-refractivity contribution in [2.24, 2.45) is 0 Å². The highest BCUT2D eigenvalue weighted by molar-refractivity contribution is 5.92. The van der Waals surface area contributed by atoms with Crippen molar-refractivity contribution >= 4 is 17.6 Å². The van der Waals surface area contributed by atoms with Crippen LogP contribution in [0.15, 0.2) is 77.3 Å². The second kappa shape index (κ2) is 10.9. The lowest BCUT2D eigenvalue weighted by Gasteiger charge is -2.09. The Labute approximate surface area is 199 Å². The average molecular weight is 477 g/mol. The quantitative estimate of drug-likeness (QED) is 0.356. The van der Waals surface area contributed by atoms with E-state index in [1.807, 2.05) is 0 Å². The maximum absolute atomic E-state index is 13.0. The van der Waals surface area contributed by atoms with Crippen LogP contribution in [-0.2, 0) is 16.1 Å². The minimum Gasteiger partial charge on any atom is -0.497 e. The number of rotatable bonds is 9. The molecule has 1 N–H and O–H groups in total. The third kappa shape index (κ3) is 6.41. The van der Waals surface area contributed by atoms with Crippen molar-refractivity contribution in [1.82, 2.24) is 10.1 Å². The van der Waals surface area contributed by atoms with Crippen LogP contribution < -0.4 is 14.8 Å². The van der Waals surface area contributed by atoms with Gasteiger partial charge in [0.25, 0.3) is 11.8 Å². The van der Waals surface area contributed by atoms with Crippen LogP contribution in [0.25, 0.3) is 11.4 Å². The van der Waals surface area contributed by atoms with Gasteiger partial charge in [-0.05, 0) is 60.7 Å². The summed E-state index contributed by atoms with van der Waals surface area (Å²) < 4.78 is 33.9. The molecule has 0 saturated carbocycles. The van der Waals surface area contributed by atoms with E-state index in [1.54, 1.807) is 43.5 Å². The van der Waals surface area contributed by atoms with Crippen LogP contribution >= 0.6 is 0 Å². The highest BCUT2D eigenvalue weighted by atomic mass is 19.1. The van der Waals surface area contributed by atoms with E-state index in [4.69, 9.17) is 18.7 Å². The molecular formula is C25H20FN3O6. The smallest absolute Gasteiger partial charge is 0.338 e. The molecule has 0 aliphatic heterocycles. The van der Waals surface area contributed by atoms with E-state index in [-0.39, 0.29) is 42.2 Å². The Kier molecular flexibility index (Phi) is 7.31. The van der Waals surface area contributed by atoms with E-state index >= 15 is 0 Å². The van der Waals surface area contributed by atoms with Crippen molar-refractivity contribution in [2.45, 2.75) is 6.61 Å². The highest BCUT2D eigenvalue weighted by Gasteiger charge is 2.13. The molecule has 1 aromatic heterocycles. The van der Waals surface area contributed by atoms with Gasteiger partial charge in [-0.1, -0.05) is 11.2 Å². The number of methoxy groups -OCH3 is 1. The maximum Gasteiger partial charge on any atom is 0.338 e. The topological polar surface area (TPSA) is 113 Å². The van der Waals surface area contributed by atoms with Crippen molar-refractivity contribution in [3.63, 3.8) is 0 Å². The zero-order valence-corrected chi connectivity index (χ0v) is 18.6. The molecule has 0 saturated heterocycles. The summed E-state index contributed by atoms with van der Waals surface area (Å²) in [5, 5.41) is 6.50. The van der Waals surface area contributed by atoms with Gasteiger partial charge in [-0.2, -0.15) is 4.98 Å². The number of carbonyl (C=O) groups is 2. The number of hydrogen-bond donors (Lipinski definition) is 1. The first-order valence-electron chi connectivity index (χ1n) is 10.4. The van der Waals surface area contributed by atoms with Gasteiger partial charge in [0.2, 0.25) is 5.82 Å². The Morgan fingerprint density at radius 3 is 2.51 bits per heavy atom. The molecule has 4 rings (SSSR count). The molecule has 4 aromatic rings. The van der Waals surface area contributed by atoms with Gasteiger partial charge >= 0.3 is 5.97 Å². The van der Waals surface area contributed by atoms with Crippen LogP contribution in [0.1, 0.15) is 16.2 Å². The summed E-state index contributed by atoms with van der Waals surface area (Å²) in [6.07, 6.45) is 0. The van der Waals surface area contributed by atoms with Crippen LogP contribution in [0.2, 0.25) is 0 Å². The molecule has 0 aliphatic carbocycles. The fourth-order valence-corrected chi connectivity index (χ4v) is 2.97. The van der Waals surface area contributed by atoms with Crippen LogP contribution in [0, 0.1) is 5.82 Å². The number of carbonyl (C=O) groups excluding carboxylic acids is 2. The zero-order chi connectivity index (χ0) is 24.6. The van der Waals surface area contributed by atoms with E-state index in [1.165, 1.54) is 36.4 Å². The Bertz CT molecular complexity index is 1310. The zero-order valence-electron chi connectivity index (χ0n) is 18.6. The molecule has 0 radical (unpaired) electrons. The standard InChI is InChI=1S/C25H20FN3O6/c1-32-21-4-2-3-19(13-21)27-22(30)14-33-20-11-7-17(8-12-20)25(31)34-15-23-28-24(29-35-23)16-5-9-18(26)10-6-16/h2-13H,14-15H2,1H3,(H,27,30). The molecule has 3 aromatic carbocycles. The molecular weight excluding hydrogens is 457 g/mol. The second-order valence-electron chi connectivity index (χ2n) is 7.19. The largest absolute Gasteiger partial charge is 0.497 e. The minimum atomic E-state index is -0.603. The Balaban J connectivity index is 1.25. The molecule has 0 unspecified atom stereocenters. The van der Waals surface area contributed by atoms with Gasteiger partial charge in [0.05, 0.1) is 12.7 Å². The van der Waals surface area contributed by atoms with Gasteiger partial charge in [0, 0.05) is 17.3 Å². The lowest BCUT2D eigenvalue weighted by atomic mass is 10.2. The van der Waals surface area contributed by atoms with Gasteiger partial charge in [0.15, 0.2) is 13.2 Å². The summed E-state index contributed by atoms with van der Waals surface area (Å²) >= 11 is 0. The van der Waals surface area contributed by atoms with Crippen LogP contribution in [0.5, 0.6) is 11.5 Å². The second-order valence-corrected chi connectivity index (χ2v) is 7.19. The first-order valence-corrected chi connectivity index (χ1v) is 10.4. The Morgan fingerprint density at radius 2 is 1.77 bits per heavy atom. The van der Waals surface area contributed by atoms with Crippen LogP contribution in [-0.4, -0.2) is 35.7 Å². The molecule has 0 spiro atoms. The minimum absolute atomic E-state index is 0.0969. The predicted octanol–water partition coefficient (Wildman–Crippen LogP) is 4.26. The maximum atomic E-state index is 13.0. The van der Waals surface area contributed by atoms with Crippen LogP contribution in [0.3, 0.4) is 0 Å². The SMILES string of the molecule is COc1cccc(NC(=O)COc2ccc(C(=O)OCc3nc(-c4ccc(F)cc4)no3)cc2)c1. The van der Waals surface area contributed by atoms with Gasteiger partial charge in [-0.25, -0.2) is 9.18 Å². The summed E-state index contributed by atoms with van der Waals surface area (Å²) in [5.74, 6) is 0.0592. The predicted molar refractivity (Wildman–Crippen MR) is 122 cm³/mol. The molecule has 0 bridgehead atoms. The number of aromatic nitrogens is 2. The number of benzene rings is 3. The molecule has 0 aliphatic rings. The summed E-state index contributed by atoms with van der Waals surface area (Å²) in [6, 6.07) is 18.7. The summed E-state index contributed by atoms with van der Waals surface area (Å²) in [7, 11) is 1.54. The molecule has 1 amide bonds. The molecule has 9 nitrogen and oxygen atoms in total. The van der Waals surface area contributed by atoms with Crippen molar-refractivity contribution in [3.8, 4) is 22.9 Å². The Morgan fingerprint density at radius 1 is 1.00 bits per heavy atom. The number of amides is 1. The molecule has 178 valence electrons. The first-order chi connectivity index (χ1) is 17.0. The average Bonchev–Trinajstić information content (AvgIpc) is 3.36. The third-order valence-electron chi connectivity index (χ3n) is 4.71. The van der Waals surface area contributed by atoms with E-state index in [0.29, 0.717) is 22.7 Å². The van der Waals surface area contributed by atoms with Crippen molar-refractivity contribution in [3.05, 3.63) is 90.1 Å². The third-order valence-corrected chi connectivity index (χ3v) is 4.71. The number of nitrogens with one attached hydrogen (secondary N) is 1. The molecule has 0 atom stereocenters. The molecule has 10 heteroatoms. The van der Waals surface area contributed by atoms with E-state index < -0.39 is 5.97 Å². The van der Waals surface area contributed by atoms with Gasteiger partial charge < -0.3 is 24.1 Å². The van der Waals surface area contributed by atoms with Crippen molar-refractivity contribution in [1.29, 1.82) is 0 Å². The molecule has 0 fully saturated rings. The molecule has 1 heterocycles. The number of anilines is 1. The molecule has 35 heavy (non-hydrogen) atoms. The number of nitrogens with zero attached hydrogens (tertiary/aromatic N) is 2. The van der Waals surface area contributed by atoms with Gasteiger partial charge in [-0.15, -0.1) is 0 Å². The van der Waals surface area contributed by atoms with Crippen molar-refractivity contribution < 1.29 is 32.7 Å². The highest BCUT2D eigenvalue weighted by Crippen LogP contribution is 2.18. The van der Waals surface area contributed by atoms with E-state index in [2.05, 4.69) is 15.5 Å². The summed E-state index contributed by atoms with van der Waals surface area (Å²) in [5.41, 5.74) is 1.43. The number of hydrogen-bond acceptors (Lipinski definition) is 8. The lowest BCUT2D eigenvalue weighted by Crippen LogP contribution is -2.20. The first kappa shape index (κ1) is 23.4. The Hall–Kier alpha value is -4.73. The number of halogens is 1. The van der Waals surface area contributed by atoms with E-state index in [0.717, 1.165) is 0 Å².